The first-order valence-electron chi connectivity index (χ1n) is 5.49. The van der Waals surface area contributed by atoms with Gasteiger partial charge in [-0.15, -0.1) is 10.6 Å². The summed E-state index contributed by atoms with van der Waals surface area (Å²) >= 11 is 3.43. The fourth-order valence-corrected chi connectivity index (χ4v) is 2.36. The van der Waals surface area contributed by atoms with Gasteiger partial charge < -0.3 is 0 Å². The Balaban J connectivity index is 2.07. The van der Waals surface area contributed by atoms with Gasteiger partial charge in [-0.05, 0) is 28.1 Å². The van der Waals surface area contributed by atoms with Crippen molar-refractivity contribution >= 4 is 21.8 Å². The number of hydrazone groups is 1. The minimum atomic E-state index is -0.337. The first-order valence-corrected chi connectivity index (χ1v) is 6.28. The normalized spacial score (nSPS) is 14.5. The zero-order valence-corrected chi connectivity index (χ0v) is 11.5. The number of hydrazine groups is 2. The summed E-state index contributed by atoms with van der Waals surface area (Å²) in [6, 6.07) is 6.45. The number of halogens is 2. The lowest BCUT2D eigenvalue weighted by molar-refractivity contribution is 0.349. The minimum Gasteiger partial charge on any atom is -0.274 e. The largest absolute Gasteiger partial charge is 0.274 e. The van der Waals surface area contributed by atoms with E-state index in [1.807, 2.05) is 7.05 Å². The quantitative estimate of drug-likeness (QED) is 0.876. The Labute approximate surface area is 117 Å². The predicted octanol–water partition coefficient (Wildman–Crippen LogP) is 1.39. The molecular weight excluding hydrogens is 315 g/mol. The molecule has 1 aromatic carbocycles. The van der Waals surface area contributed by atoms with Gasteiger partial charge in [0.25, 0.3) is 0 Å². The van der Waals surface area contributed by atoms with Crippen LogP contribution >= 0.6 is 15.9 Å². The highest BCUT2D eigenvalue weighted by Gasteiger charge is 2.21. The van der Waals surface area contributed by atoms with Gasteiger partial charge in [0.2, 0.25) is 0 Å². The summed E-state index contributed by atoms with van der Waals surface area (Å²) in [5.74, 6) is 0.324. The number of hydrogen-bond donors (Lipinski definition) is 2. The van der Waals surface area contributed by atoms with E-state index in [0.29, 0.717) is 16.1 Å². The molecule has 0 atom stereocenters. The van der Waals surface area contributed by atoms with E-state index >= 15 is 0 Å². The molecule has 0 bridgehead atoms. The average molecular weight is 325 g/mol. The summed E-state index contributed by atoms with van der Waals surface area (Å²) in [6.45, 7) is 0. The molecule has 0 unspecified atom stereocenters. The highest BCUT2D eigenvalue weighted by molar-refractivity contribution is 9.10. The van der Waals surface area contributed by atoms with Gasteiger partial charge in [-0.1, -0.05) is 12.1 Å². The Kier molecular flexibility index (Phi) is 2.96. The Morgan fingerprint density at radius 3 is 2.79 bits per heavy atom. The lowest BCUT2D eigenvalue weighted by Gasteiger charge is -2.11. The number of benzene rings is 1. The molecule has 0 spiro atoms. The first-order chi connectivity index (χ1) is 9.18. The number of amidine groups is 1. The fourth-order valence-electron chi connectivity index (χ4n) is 1.80. The van der Waals surface area contributed by atoms with Crippen LogP contribution in [0.4, 0.5) is 4.39 Å². The van der Waals surface area contributed by atoms with E-state index in [1.54, 1.807) is 29.4 Å². The van der Waals surface area contributed by atoms with Gasteiger partial charge in [-0.25, -0.2) is 14.6 Å². The van der Waals surface area contributed by atoms with Crippen molar-refractivity contribution in [3.8, 4) is 5.69 Å². The number of nitrogens with one attached hydrogen (secondary N) is 2. The summed E-state index contributed by atoms with van der Waals surface area (Å²) in [5.41, 5.74) is 6.57. The fraction of sp³-hybridized carbons (Fsp3) is 0.0909. The van der Waals surface area contributed by atoms with Crippen molar-refractivity contribution in [2.24, 2.45) is 5.10 Å². The van der Waals surface area contributed by atoms with Crippen LogP contribution in [0, 0.1) is 5.82 Å². The van der Waals surface area contributed by atoms with Crippen molar-refractivity contribution in [2.45, 2.75) is 0 Å². The molecule has 6 nitrogen and oxygen atoms in total. The summed E-state index contributed by atoms with van der Waals surface area (Å²) in [7, 11) is 1.81. The molecule has 3 rings (SSSR count). The molecular formula is C11H10BrFN6. The Morgan fingerprint density at radius 2 is 2.11 bits per heavy atom. The van der Waals surface area contributed by atoms with Crippen molar-refractivity contribution in [3.63, 3.8) is 0 Å². The highest BCUT2D eigenvalue weighted by Crippen LogP contribution is 2.23. The lowest BCUT2D eigenvalue weighted by atomic mass is 10.3. The predicted molar refractivity (Wildman–Crippen MR) is 71.8 cm³/mol. The van der Waals surface area contributed by atoms with Crippen molar-refractivity contribution in [3.05, 3.63) is 46.4 Å². The number of rotatable bonds is 2. The molecule has 2 heterocycles. The summed E-state index contributed by atoms with van der Waals surface area (Å²) < 4.78 is 15.9. The maximum absolute atomic E-state index is 13.8. The molecule has 1 aromatic heterocycles. The average Bonchev–Trinajstić information content (AvgIpc) is 2.96. The summed E-state index contributed by atoms with van der Waals surface area (Å²) in [5, 5.41) is 9.98. The van der Waals surface area contributed by atoms with Crippen LogP contribution in [0.5, 0.6) is 0 Å². The molecule has 19 heavy (non-hydrogen) atoms. The van der Waals surface area contributed by atoms with Crippen LogP contribution < -0.4 is 11.1 Å². The molecule has 0 fully saturated rings. The van der Waals surface area contributed by atoms with Crippen LogP contribution in [-0.4, -0.2) is 27.7 Å². The van der Waals surface area contributed by atoms with E-state index in [9.17, 15) is 4.39 Å². The van der Waals surface area contributed by atoms with Crippen LogP contribution in [-0.2, 0) is 0 Å². The molecule has 0 aliphatic carbocycles. The van der Waals surface area contributed by atoms with Gasteiger partial charge >= 0.3 is 0 Å². The number of aromatic nitrogens is 2. The van der Waals surface area contributed by atoms with Crippen LogP contribution in [0.3, 0.4) is 0 Å². The Bertz CT molecular complexity index is 652. The second kappa shape index (κ2) is 4.63. The Hall–Kier alpha value is -1.93. The topological polar surface area (TPSA) is 57.5 Å². The molecule has 0 amide bonds. The number of hydrogen-bond acceptors (Lipinski definition) is 5. The van der Waals surface area contributed by atoms with E-state index in [0.717, 1.165) is 5.56 Å². The van der Waals surface area contributed by atoms with E-state index in [2.05, 4.69) is 37.2 Å². The van der Waals surface area contributed by atoms with E-state index < -0.39 is 0 Å². The molecule has 0 saturated heterocycles. The van der Waals surface area contributed by atoms with Crippen LogP contribution in [0.2, 0.25) is 0 Å². The molecule has 0 radical (unpaired) electrons. The van der Waals surface area contributed by atoms with Gasteiger partial charge in [-0.2, -0.15) is 5.10 Å². The monoisotopic (exact) mass is 324 g/mol. The van der Waals surface area contributed by atoms with Gasteiger partial charge in [-0.3, -0.25) is 5.01 Å². The molecule has 1 aliphatic rings. The highest BCUT2D eigenvalue weighted by atomic mass is 79.9. The van der Waals surface area contributed by atoms with Gasteiger partial charge in [0.15, 0.2) is 5.84 Å². The minimum absolute atomic E-state index is 0.337. The van der Waals surface area contributed by atoms with Crippen molar-refractivity contribution in [2.75, 3.05) is 7.05 Å². The number of para-hydroxylation sites is 1. The van der Waals surface area contributed by atoms with E-state index in [1.165, 1.54) is 10.7 Å². The molecule has 98 valence electrons. The van der Waals surface area contributed by atoms with E-state index in [4.69, 9.17) is 0 Å². The zero-order chi connectivity index (χ0) is 13.4. The molecule has 2 aromatic rings. The number of nitrogens with zero attached hydrogens (tertiary/aromatic N) is 4. The lowest BCUT2D eigenvalue weighted by Crippen LogP contribution is -2.37. The molecule has 1 aliphatic heterocycles. The van der Waals surface area contributed by atoms with Crippen molar-refractivity contribution in [1.82, 2.24) is 25.9 Å². The SMILES string of the molecule is CN1NNN=C1c1cnn(-c2ccccc2F)c1Br. The third-order valence-corrected chi connectivity index (χ3v) is 3.49. The van der Waals surface area contributed by atoms with Gasteiger partial charge in [0, 0.05) is 7.05 Å². The maximum atomic E-state index is 13.8. The van der Waals surface area contributed by atoms with Crippen LogP contribution in [0.15, 0.2) is 40.2 Å². The Morgan fingerprint density at radius 1 is 1.32 bits per heavy atom. The first kappa shape index (κ1) is 12.1. The van der Waals surface area contributed by atoms with Crippen LogP contribution in [0.1, 0.15) is 5.56 Å². The third-order valence-electron chi connectivity index (χ3n) is 2.73. The standard InChI is InChI=1S/C11H10BrFN6/c1-18-11(15-16-17-18)7-6-14-19(10(7)12)9-5-3-2-4-8(9)13/h2-6,16-17H,1H3. The molecule has 0 saturated carbocycles. The molecule has 8 heteroatoms. The smallest absolute Gasteiger partial charge is 0.177 e. The third kappa shape index (κ3) is 1.98. The maximum Gasteiger partial charge on any atom is 0.177 e. The van der Waals surface area contributed by atoms with E-state index in [-0.39, 0.29) is 5.82 Å². The van der Waals surface area contributed by atoms with Crippen molar-refractivity contribution in [1.29, 1.82) is 0 Å². The summed E-state index contributed by atoms with van der Waals surface area (Å²) in [6.07, 6.45) is 1.63. The zero-order valence-electron chi connectivity index (χ0n) is 9.93. The van der Waals surface area contributed by atoms with Crippen LogP contribution in [0.25, 0.3) is 5.69 Å². The van der Waals surface area contributed by atoms with Gasteiger partial charge in [0.05, 0.1) is 11.8 Å². The molecule has 2 N–H and O–H groups in total. The van der Waals surface area contributed by atoms with Crippen molar-refractivity contribution < 1.29 is 4.39 Å². The van der Waals surface area contributed by atoms with Gasteiger partial charge in [0.1, 0.15) is 16.1 Å². The second-order valence-corrected chi connectivity index (χ2v) is 4.68. The second-order valence-electron chi connectivity index (χ2n) is 3.93. The summed E-state index contributed by atoms with van der Waals surface area (Å²) in [4.78, 5) is 0.